The summed E-state index contributed by atoms with van der Waals surface area (Å²) in [7, 11) is 0. The van der Waals surface area contributed by atoms with Crippen LogP contribution >= 0.6 is 0 Å². The van der Waals surface area contributed by atoms with Crippen LogP contribution in [0.2, 0.25) is 0 Å². The number of hydrogen-bond acceptors (Lipinski definition) is 3. The van der Waals surface area contributed by atoms with E-state index in [-0.39, 0.29) is 0 Å². The summed E-state index contributed by atoms with van der Waals surface area (Å²) in [5.74, 6) is -0.0454. The van der Waals surface area contributed by atoms with Crippen molar-refractivity contribution in [2.24, 2.45) is 4.99 Å². The molecular weight excluding hydrogens is 286 g/mol. The SMILES string of the molecule is CC(=C/c1ccccc1)/C=C1/N=C(c2ccccc2C)OC1=O. The van der Waals surface area contributed by atoms with Crippen LogP contribution in [-0.4, -0.2) is 11.9 Å². The molecule has 0 saturated heterocycles. The van der Waals surface area contributed by atoms with E-state index in [0.717, 1.165) is 22.3 Å². The first-order valence-electron chi connectivity index (χ1n) is 7.45. The van der Waals surface area contributed by atoms with Gasteiger partial charge in [-0.3, -0.25) is 0 Å². The number of hydrogen-bond donors (Lipinski definition) is 0. The summed E-state index contributed by atoms with van der Waals surface area (Å²) >= 11 is 0. The average Bonchev–Trinajstić information content (AvgIpc) is 2.89. The van der Waals surface area contributed by atoms with Gasteiger partial charge in [0.15, 0.2) is 5.70 Å². The van der Waals surface area contributed by atoms with Crippen molar-refractivity contribution in [1.29, 1.82) is 0 Å². The summed E-state index contributed by atoms with van der Waals surface area (Å²) in [5.41, 5.74) is 4.22. The highest BCUT2D eigenvalue weighted by Gasteiger charge is 2.24. The zero-order chi connectivity index (χ0) is 16.2. The number of carbonyl (C=O) groups excluding carboxylic acids is 1. The van der Waals surface area contributed by atoms with Crippen LogP contribution < -0.4 is 0 Å². The van der Waals surface area contributed by atoms with Gasteiger partial charge >= 0.3 is 5.97 Å². The maximum Gasteiger partial charge on any atom is 0.363 e. The Hall–Kier alpha value is -2.94. The lowest BCUT2D eigenvalue weighted by Gasteiger charge is -2.02. The molecule has 0 spiro atoms. The van der Waals surface area contributed by atoms with Gasteiger partial charge in [0, 0.05) is 5.56 Å². The molecule has 3 heteroatoms. The van der Waals surface area contributed by atoms with E-state index in [9.17, 15) is 4.79 Å². The molecule has 0 aromatic heterocycles. The Morgan fingerprint density at radius 2 is 1.74 bits per heavy atom. The minimum absolute atomic E-state index is 0.327. The first-order valence-corrected chi connectivity index (χ1v) is 7.45. The van der Waals surface area contributed by atoms with Gasteiger partial charge in [-0.25, -0.2) is 9.79 Å². The molecule has 3 rings (SSSR count). The molecule has 23 heavy (non-hydrogen) atoms. The second-order valence-electron chi connectivity index (χ2n) is 5.45. The summed E-state index contributed by atoms with van der Waals surface area (Å²) in [6.45, 7) is 3.91. The van der Waals surface area contributed by atoms with E-state index in [1.54, 1.807) is 6.08 Å². The fraction of sp³-hybridized carbons (Fsp3) is 0.100. The van der Waals surface area contributed by atoms with E-state index in [1.165, 1.54) is 0 Å². The highest BCUT2D eigenvalue weighted by Crippen LogP contribution is 2.20. The minimum atomic E-state index is -0.413. The van der Waals surface area contributed by atoms with Gasteiger partial charge in [0.25, 0.3) is 0 Å². The first-order chi connectivity index (χ1) is 11.1. The van der Waals surface area contributed by atoms with Crippen molar-refractivity contribution >= 4 is 17.9 Å². The smallest absolute Gasteiger partial charge is 0.363 e. The number of aryl methyl sites for hydroxylation is 1. The zero-order valence-corrected chi connectivity index (χ0v) is 13.1. The molecular formula is C20H17NO2. The number of ether oxygens (including phenoxy) is 1. The Morgan fingerprint density at radius 3 is 2.48 bits per heavy atom. The topological polar surface area (TPSA) is 38.7 Å². The van der Waals surface area contributed by atoms with Crippen LogP contribution in [0.3, 0.4) is 0 Å². The second-order valence-corrected chi connectivity index (χ2v) is 5.45. The highest BCUT2D eigenvalue weighted by atomic mass is 16.6. The molecule has 3 nitrogen and oxygen atoms in total. The number of cyclic esters (lactones) is 1. The number of aliphatic imine (C=N–C) groups is 1. The predicted octanol–water partition coefficient (Wildman–Crippen LogP) is 4.29. The molecule has 0 saturated carbocycles. The van der Waals surface area contributed by atoms with Gasteiger partial charge in [0.05, 0.1) is 0 Å². The summed E-state index contributed by atoms with van der Waals surface area (Å²) in [6, 6.07) is 17.7. The monoisotopic (exact) mass is 303 g/mol. The van der Waals surface area contributed by atoms with Crippen LogP contribution in [0.25, 0.3) is 6.08 Å². The normalized spacial score (nSPS) is 16.4. The number of carbonyl (C=O) groups is 1. The Labute approximate surface area is 135 Å². The Bertz CT molecular complexity index is 830. The molecule has 2 aromatic rings. The third-order valence-corrected chi connectivity index (χ3v) is 3.55. The van der Waals surface area contributed by atoms with E-state index < -0.39 is 5.97 Å². The third kappa shape index (κ3) is 3.46. The second kappa shape index (κ2) is 6.44. The largest absolute Gasteiger partial charge is 0.402 e. The van der Waals surface area contributed by atoms with E-state index in [4.69, 9.17) is 4.74 Å². The molecule has 1 heterocycles. The molecule has 0 unspecified atom stereocenters. The maximum atomic E-state index is 12.0. The molecule has 0 atom stereocenters. The van der Waals surface area contributed by atoms with E-state index in [1.807, 2.05) is 74.5 Å². The Kier molecular flexibility index (Phi) is 4.20. The van der Waals surface area contributed by atoms with Crippen LogP contribution in [0.5, 0.6) is 0 Å². The van der Waals surface area contributed by atoms with Crippen LogP contribution in [0.4, 0.5) is 0 Å². The van der Waals surface area contributed by atoms with Crippen LogP contribution in [0.15, 0.2) is 76.9 Å². The van der Waals surface area contributed by atoms with Gasteiger partial charge in [-0.15, -0.1) is 0 Å². The molecule has 0 fully saturated rings. The number of nitrogens with zero attached hydrogens (tertiary/aromatic N) is 1. The van der Waals surface area contributed by atoms with Crippen molar-refractivity contribution in [3.05, 3.63) is 88.6 Å². The van der Waals surface area contributed by atoms with Gasteiger partial charge in [0.1, 0.15) is 0 Å². The molecule has 2 aromatic carbocycles. The van der Waals surface area contributed by atoms with Crippen molar-refractivity contribution in [3.63, 3.8) is 0 Å². The lowest BCUT2D eigenvalue weighted by Crippen LogP contribution is -2.06. The summed E-state index contributed by atoms with van der Waals surface area (Å²) < 4.78 is 5.31. The zero-order valence-electron chi connectivity index (χ0n) is 13.1. The molecule has 0 bridgehead atoms. The van der Waals surface area contributed by atoms with Crippen molar-refractivity contribution in [2.45, 2.75) is 13.8 Å². The van der Waals surface area contributed by atoms with Crippen molar-refractivity contribution in [1.82, 2.24) is 0 Å². The van der Waals surface area contributed by atoms with Crippen molar-refractivity contribution < 1.29 is 9.53 Å². The molecule has 0 N–H and O–H groups in total. The van der Waals surface area contributed by atoms with E-state index in [0.29, 0.717) is 11.6 Å². The van der Waals surface area contributed by atoms with Gasteiger partial charge in [-0.05, 0) is 42.7 Å². The fourth-order valence-electron chi connectivity index (χ4n) is 2.41. The molecule has 0 radical (unpaired) electrons. The number of rotatable bonds is 3. The van der Waals surface area contributed by atoms with Gasteiger partial charge in [-0.2, -0.15) is 0 Å². The Balaban J connectivity index is 1.89. The Morgan fingerprint density at radius 1 is 1.04 bits per heavy atom. The molecule has 0 aliphatic carbocycles. The van der Waals surface area contributed by atoms with E-state index >= 15 is 0 Å². The third-order valence-electron chi connectivity index (χ3n) is 3.55. The number of benzene rings is 2. The van der Waals surface area contributed by atoms with Crippen molar-refractivity contribution in [2.75, 3.05) is 0 Å². The van der Waals surface area contributed by atoms with Gasteiger partial charge in [0.2, 0.25) is 5.90 Å². The number of esters is 1. The molecule has 114 valence electrons. The van der Waals surface area contributed by atoms with Crippen molar-refractivity contribution in [3.8, 4) is 0 Å². The molecule has 1 aliphatic heterocycles. The highest BCUT2D eigenvalue weighted by molar-refractivity contribution is 6.11. The minimum Gasteiger partial charge on any atom is -0.402 e. The molecule has 0 amide bonds. The van der Waals surface area contributed by atoms with Crippen LogP contribution in [0.1, 0.15) is 23.6 Å². The first kappa shape index (κ1) is 15.0. The van der Waals surface area contributed by atoms with Crippen LogP contribution in [-0.2, 0) is 9.53 Å². The number of allylic oxidation sites excluding steroid dienone is 2. The standard InChI is InChI=1S/C20H17NO2/c1-14(12-16-9-4-3-5-10-16)13-18-20(22)23-19(21-18)17-11-7-6-8-15(17)2/h3-13H,1-2H3/b14-12-,18-13+. The summed E-state index contributed by atoms with van der Waals surface area (Å²) in [5, 5.41) is 0. The van der Waals surface area contributed by atoms with Gasteiger partial charge in [-0.1, -0.05) is 54.6 Å². The van der Waals surface area contributed by atoms with E-state index in [2.05, 4.69) is 4.99 Å². The summed E-state index contributed by atoms with van der Waals surface area (Å²) in [4.78, 5) is 16.4. The fourth-order valence-corrected chi connectivity index (χ4v) is 2.41. The maximum absolute atomic E-state index is 12.0. The predicted molar refractivity (Wildman–Crippen MR) is 92.0 cm³/mol. The lowest BCUT2D eigenvalue weighted by atomic mass is 10.1. The average molecular weight is 303 g/mol. The molecule has 1 aliphatic rings. The quantitative estimate of drug-likeness (QED) is 0.627. The lowest BCUT2D eigenvalue weighted by molar-refractivity contribution is -0.130. The summed E-state index contributed by atoms with van der Waals surface area (Å²) in [6.07, 6.45) is 3.75. The van der Waals surface area contributed by atoms with Crippen LogP contribution in [0, 0.1) is 6.92 Å². The van der Waals surface area contributed by atoms with Gasteiger partial charge < -0.3 is 4.74 Å².